The van der Waals surface area contributed by atoms with Crippen LogP contribution < -0.4 is 0 Å². The minimum Gasteiger partial charge on any atom is -0.330 e. The number of rotatable bonds is 3. The Bertz CT molecular complexity index is 854. The van der Waals surface area contributed by atoms with E-state index in [9.17, 15) is 0 Å². The molecule has 5 nitrogen and oxygen atoms in total. The van der Waals surface area contributed by atoms with E-state index in [0.717, 1.165) is 36.8 Å². The van der Waals surface area contributed by atoms with Gasteiger partial charge in [-0.05, 0) is 44.5 Å². The van der Waals surface area contributed by atoms with E-state index in [0.29, 0.717) is 5.92 Å². The molecule has 1 aliphatic rings. The Kier molecular flexibility index (Phi) is 4.02. The largest absolute Gasteiger partial charge is 0.330 e. The van der Waals surface area contributed by atoms with Gasteiger partial charge in [0.2, 0.25) is 0 Å². The van der Waals surface area contributed by atoms with Gasteiger partial charge in [0.25, 0.3) is 0 Å². The first kappa shape index (κ1) is 15.3. The van der Waals surface area contributed by atoms with Crippen molar-refractivity contribution in [3.63, 3.8) is 0 Å². The number of benzene rings is 1. The average molecular weight is 321 g/mol. The van der Waals surface area contributed by atoms with Crippen LogP contribution in [0.4, 0.5) is 0 Å². The van der Waals surface area contributed by atoms with Crippen LogP contribution >= 0.6 is 0 Å². The molecule has 1 aromatic carbocycles. The summed E-state index contributed by atoms with van der Waals surface area (Å²) in [6.07, 6.45) is 4.29. The maximum Gasteiger partial charge on any atom is 0.125 e. The number of hydrogen-bond donors (Lipinski definition) is 0. The van der Waals surface area contributed by atoms with Gasteiger partial charge in [-0.15, -0.1) is 0 Å². The fraction of sp³-hybridized carbons (Fsp3) is 0.421. The maximum atomic E-state index is 4.81. The standard InChI is InChI=1S/C19H23N5/c1-14-20-10-9-16(21-14)15-6-5-11-24(12-15)13-19-22-17-7-3-4-8-18(17)23(19)2/h3-4,7-10,15H,5-6,11-13H2,1-2H3/t15-/m0/s1. The number of aryl methyl sites for hydroxylation is 2. The molecule has 0 N–H and O–H groups in total. The van der Waals surface area contributed by atoms with Crippen LogP contribution in [0.1, 0.15) is 36.1 Å². The lowest BCUT2D eigenvalue weighted by Crippen LogP contribution is -2.35. The molecule has 2 aromatic heterocycles. The molecule has 0 unspecified atom stereocenters. The Morgan fingerprint density at radius 3 is 2.88 bits per heavy atom. The summed E-state index contributed by atoms with van der Waals surface area (Å²) in [6.45, 7) is 5.03. The summed E-state index contributed by atoms with van der Waals surface area (Å²) in [5, 5.41) is 0. The zero-order chi connectivity index (χ0) is 16.5. The fourth-order valence-electron chi connectivity index (χ4n) is 3.68. The van der Waals surface area contributed by atoms with Crippen molar-refractivity contribution in [2.75, 3.05) is 13.1 Å². The first-order valence-corrected chi connectivity index (χ1v) is 8.63. The van der Waals surface area contributed by atoms with Crippen molar-refractivity contribution in [2.24, 2.45) is 7.05 Å². The molecule has 3 heterocycles. The second kappa shape index (κ2) is 6.32. The molecule has 0 amide bonds. The summed E-state index contributed by atoms with van der Waals surface area (Å²) in [7, 11) is 2.11. The molecule has 1 aliphatic heterocycles. The number of nitrogens with zero attached hydrogens (tertiary/aromatic N) is 5. The Balaban J connectivity index is 1.53. The van der Waals surface area contributed by atoms with E-state index in [-0.39, 0.29) is 0 Å². The highest BCUT2D eigenvalue weighted by Gasteiger charge is 2.23. The van der Waals surface area contributed by atoms with Gasteiger partial charge in [0.05, 0.1) is 17.6 Å². The molecular formula is C19H23N5. The van der Waals surface area contributed by atoms with Crippen LogP contribution in [0.25, 0.3) is 11.0 Å². The van der Waals surface area contributed by atoms with Crippen LogP contribution in [0.5, 0.6) is 0 Å². The second-order valence-corrected chi connectivity index (χ2v) is 6.68. The molecule has 4 rings (SSSR count). The van der Waals surface area contributed by atoms with Gasteiger partial charge in [-0.25, -0.2) is 15.0 Å². The molecule has 24 heavy (non-hydrogen) atoms. The van der Waals surface area contributed by atoms with E-state index >= 15 is 0 Å². The average Bonchev–Trinajstić information content (AvgIpc) is 2.91. The molecule has 0 bridgehead atoms. The summed E-state index contributed by atoms with van der Waals surface area (Å²) < 4.78 is 2.22. The summed E-state index contributed by atoms with van der Waals surface area (Å²) in [5.74, 6) is 2.49. The van der Waals surface area contributed by atoms with Crippen molar-refractivity contribution in [2.45, 2.75) is 32.2 Å². The SMILES string of the molecule is Cc1nccc([C@H]2CCCN(Cc3nc4ccccc4n3C)C2)n1. The molecule has 124 valence electrons. The highest BCUT2D eigenvalue weighted by Crippen LogP contribution is 2.26. The van der Waals surface area contributed by atoms with Crippen molar-refractivity contribution in [3.05, 3.63) is 53.9 Å². The molecule has 5 heteroatoms. The molecule has 0 radical (unpaired) electrons. The van der Waals surface area contributed by atoms with Gasteiger partial charge in [0.15, 0.2) is 0 Å². The quantitative estimate of drug-likeness (QED) is 0.744. The van der Waals surface area contributed by atoms with Gasteiger partial charge in [0.1, 0.15) is 11.6 Å². The summed E-state index contributed by atoms with van der Waals surface area (Å²) in [6, 6.07) is 10.4. The number of aromatic nitrogens is 4. The first-order chi connectivity index (χ1) is 11.7. The third kappa shape index (κ3) is 2.91. The van der Waals surface area contributed by atoms with Crippen LogP contribution in [0.3, 0.4) is 0 Å². The highest BCUT2D eigenvalue weighted by atomic mass is 15.2. The Morgan fingerprint density at radius 1 is 1.17 bits per heavy atom. The van der Waals surface area contributed by atoms with E-state index in [2.05, 4.69) is 50.7 Å². The van der Waals surface area contributed by atoms with Crippen molar-refractivity contribution in [3.8, 4) is 0 Å². The second-order valence-electron chi connectivity index (χ2n) is 6.68. The predicted molar refractivity (Wildman–Crippen MR) is 94.7 cm³/mol. The lowest BCUT2D eigenvalue weighted by molar-refractivity contribution is 0.193. The van der Waals surface area contributed by atoms with Crippen molar-refractivity contribution < 1.29 is 0 Å². The van der Waals surface area contributed by atoms with Gasteiger partial charge >= 0.3 is 0 Å². The summed E-state index contributed by atoms with van der Waals surface area (Å²) >= 11 is 0. The number of likely N-dealkylation sites (tertiary alicyclic amines) is 1. The number of imidazole rings is 1. The smallest absolute Gasteiger partial charge is 0.125 e. The Morgan fingerprint density at radius 2 is 2.04 bits per heavy atom. The van der Waals surface area contributed by atoms with E-state index in [4.69, 9.17) is 4.98 Å². The fourth-order valence-corrected chi connectivity index (χ4v) is 3.68. The topological polar surface area (TPSA) is 46.8 Å². The Labute approximate surface area is 142 Å². The van der Waals surface area contributed by atoms with Crippen LogP contribution in [-0.4, -0.2) is 37.5 Å². The van der Waals surface area contributed by atoms with E-state index in [1.54, 1.807) is 0 Å². The van der Waals surface area contributed by atoms with Crippen LogP contribution in [0.2, 0.25) is 0 Å². The molecule has 1 fully saturated rings. The monoisotopic (exact) mass is 321 g/mol. The minimum absolute atomic E-state index is 0.495. The van der Waals surface area contributed by atoms with Gasteiger partial charge < -0.3 is 4.57 Å². The van der Waals surface area contributed by atoms with Gasteiger partial charge in [-0.2, -0.15) is 0 Å². The molecule has 3 aromatic rings. The van der Waals surface area contributed by atoms with Crippen LogP contribution in [-0.2, 0) is 13.6 Å². The molecule has 0 saturated carbocycles. The van der Waals surface area contributed by atoms with E-state index in [1.165, 1.54) is 24.1 Å². The van der Waals surface area contributed by atoms with Crippen molar-refractivity contribution in [1.82, 2.24) is 24.4 Å². The highest BCUT2D eigenvalue weighted by molar-refractivity contribution is 5.75. The first-order valence-electron chi connectivity index (χ1n) is 8.63. The molecule has 1 atom stereocenters. The molecule has 1 saturated heterocycles. The summed E-state index contributed by atoms with van der Waals surface area (Å²) in [5.41, 5.74) is 3.46. The van der Waals surface area contributed by atoms with Gasteiger partial charge in [-0.3, -0.25) is 4.90 Å². The van der Waals surface area contributed by atoms with Crippen molar-refractivity contribution >= 4 is 11.0 Å². The molecule has 0 spiro atoms. The normalized spacial score (nSPS) is 19.0. The number of piperidine rings is 1. The Hall–Kier alpha value is -2.27. The third-order valence-corrected chi connectivity index (χ3v) is 4.97. The van der Waals surface area contributed by atoms with E-state index in [1.807, 2.05) is 19.2 Å². The third-order valence-electron chi connectivity index (χ3n) is 4.97. The van der Waals surface area contributed by atoms with Crippen LogP contribution in [0, 0.1) is 6.92 Å². The maximum absolute atomic E-state index is 4.81. The van der Waals surface area contributed by atoms with Crippen LogP contribution in [0.15, 0.2) is 36.5 Å². The number of hydrogen-bond acceptors (Lipinski definition) is 4. The number of para-hydroxylation sites is 2. The van der Waals surface area contributed by atoms with Gasteiger partial charge in [-0.1, -0.05) is 12.1 Å². The molecule has 0 aliphatic carbocycles. The molecular weight excluding hydrogens is 298 g/mol. The van der Waals surface area contributed by atoms with Crippen molar-refractivity contribution in [1.29, 1.82) is 0 Å². The predicted octanol–water partition coefficient (Wildman–Crippen LogP) is 3.05. The number of fused-ring (bicyclic) bond motifs is 1. The zero-order valence-electron chi connectivity index (χ0n) is 14.3. The minimum atomic E-state index is 0.495. The van der Waals surface area contributed by atoms with E-state index < -0.39 is 0 Å². The summed E-state index contributed by atoms with van der Waals surface area (Å²) in [4.78, 5) is 16.2. The lowest BCUT2D eigenvalue weighted by Gasteiger charge is -2.32. The lowest BCUT2D eigenvalue weighted by atomic mass is 9.94. The van der Waals surface area contributed by atoms with Gasteiger partial charge in [0, 0.05) is 31.4 Å². The zero-order valence-corrected chi connectivity index (χ0v) is 14.3.